The zero-order valence-corrected chi connectivity index (χ0v) is 61.4. The molecule has 26 heteroatoms. The third-order valence-electron chi connectivity index (χ3n) is 17.0. The summed E-state index contributed by atoms with van der Waals surface area (Å²) in [6.45, 7) is 29.3. The third-order valence-corrected chi connectivity index (χ3v) is 18.3. The van der Waals surface area contributed by atoms with Crippen LogP contribution in [0.15, 0.2) is 12.2 Å². The Balaban J connectivity index is 4.55. The molecule has 1 rings (SSSR count). The van der Waals surface area contributed by atoms with Crippen molar-refractivity contribution in [2.24, 2.45) is 35.5 Å². The monoisotopic (exact) mass is 1320 g/mol. The summed E-state index contributed by atoms with van der Waals surface area (Å²) in [6.07, 6.45) is 2.34. The van der Waals surface area contributed by atoms with Crippen molar-refractivity contribution in [1.29, 1.82) is 0 Å². The van der Waals surface area contributed by atoms with E-state index < -0.39 is 160 Å². The van der Waals surface area contributed by atoms with E-state index in [1.807, 2.05) is 60.5 Å². The minimum absolute atomic E-state index is 0.0323. The molecule has 0 aromatic rings. The van der Waals surface area contributed by atoms with Crippen LogP contribution in [0.4, 0.5) is 0 Å². The lowest BCUT2D eigenvalue weighted by molar-refractivity contribution is -0.157. The zero-order chi connectivity index (χ0) is 71.5. The maximum atomic E-state index is 15.3. The van der Waals surface area contributed by atoms with E-state index in [1.165, 1.54) is 96.6 Å². The molecule has 11 amide bonds. The van der Waals surface area contributed by atoms with Crippen LogP contribution < -0.4 is 21.3 Å². The Bertz CT molecular complexity index is 2520. The molecular formula is C66H120N12O13S. The number of hydrogen-bond donors (Lipinski definition) is 6. The first-order chi connectivity index (χ1) is 42.3. The molecule has 1 aliphatic rings. The minimum atomic E-state index is -1.66. The van der Waals surface area contributed by atoms with E-state index >= 15 is 28.8 Å². The first kappa shape index (κ1) is 84.2. The Kier molecular flexibility index (Phi) is 34.7. The van der Waals surface area contributed by atoms with Crippen molar-refractivity contribution in [2.75, 3.05) is 75.7 Å². The van der Waals surface area contributed by atoms with E-state index in [1.54, 1.807) is 60.6 Å². The van der Waals surface area contributed by atoms with Gasteiger partial charge in [-0.25, -0.2) is 0 Å². The molecule has 0 aromatic carbocycles. The van der Waals surface area contributed by atoms with Gasteiger partial charge in [0.15, 0.2) is 5.37 Å². The fourth-order valence-electron chi connectivity index (χ4n) is 11.2. The number of likely N-dealkylation sites (N-methyl/N-ethyl adjacent to an activating group) is 7. The average Bonchev–Trinajstić information content (AvgIpc) is 0.830. The van der Waals surface area contributed by atoms with Crippen LogP contribution >= 0.6 is 11.8 Å². The topological polar surface area (TPSA) is 302 Å². The summed E-state index contributed by atoms with van der Waals surface area (Å²) in [5.41, 5.74) is -1.58. The molecule has 92 heavy (non-hydrogen) atoms. The van der Waals surface area contributed by atoms with Gasteiger partial charge < -0.3 is 70.7 Å². The van der Waals surface area contributed by atoms with Crippen LogP contribution in [0.3, 0.4) is 0 Å². The maximum absolute atomic E-state index is 15.3. The Morgan fingerprint density at radius 1 is 0.522 bits per heavy atom. The molecule has 528 valence electrons. The Morgan fingerprint density at radius 2 is 0.967 bits per heavy atom. The van der Waals surface area contributed by atoms with Crippen molar-refractivity contribution in [3.63, 3.8) is 0 Å². The van der Waals surface area contributed by atoms with Gasteiger partial charge in [-0.15, -0.1) is 11.8 Å². The highest BCUT2D eigenvalue weighted by molar-refractivity contribution is 8.00. The van der Waals surface area contributed by atoms with Gasteiger partial charge >= 0.3 is 0 Å². The summed E-state index contributed by atoms with van der Waals surface area (Å²) in [7, 11) is 13.5. The number of carbonyl (C=O) groups excluding carboxylic acids is 11. The van der Waals surface area contributed by atoms with Gasteiger partial charge in [0.05, 0.1) is 11.7 Å². The van der Waals surface area contributed by atoms with Gasteiger partial charge in [0.1, 0.15) is 60.4 Å². The highest BCUT2D eigenvalue weighted by Crippen LogP contribution is 2.28. The number of aliphatic hydroxyl groups is 2. The first-order valence-electron chi connectivity index (χ1n) is 32.7. The van der Waals surface area contributed by atoms with E-state index in [0.29, 0.717) is 12.3 Å². The van der Waals surface area contributed by atoms with Crippen molar-refractivity contribution in [1.82, 2.24) is 60.5 Å². The van der Waals surface area contributed by atoms with Crippen molar-refractivity contribution in [3.8, 4) is 0 Å². The van der Waals surface area contributed by atoms with Gasteiger partial charge in [0.25, 0.3) is 5.91 Å². The van der Waals surface area contributed by atoms with Gasteiger partial charge in [-0.1, -0.05) is 95.2 Å². The fraction of sp³-hybridized carbons (Fsp3) is 0.803. The van der Waals surface area contributed by atoms with Crippen LogP contribution in [0.1, 0.15) is 156 Å². The van der Waals surface area contributed by atoms with E-state index in [9.17, 15) is 34.2 Å². The molecule has 0 saturated carbocycles. The Labute approximate surface area is 555 Å². The van der Waals surface area contributed by atoms with Gasteiger partial charge in [-0.2, -0.15) is 0 Å². The van der Waals surface area contributed by atoms with E-state index in [4.69, 9.17) is 0 Å². The minimum Gasteiger partial charge on any atom is -0.390 e. The molecule has 6 N–H and O–H groups in total. The normalized spacial score (nSPS) is 26.8. The van der Waals surface area contributed by atoms with Crippen molar-refractivity contribution in [3.05, 3.63) is 12.2 Å². The number of rotatable bonds is 19. The van der Waals surface area contributed by atoms with Crippen molar-refractivity contribution < 1.29 is 63.0 Å². The van der Waals surface area contributed by atoms with Crippen LogP contribution in [0, 0.1) is 35.5 Å². The Morgan fingerprint density at radius 3 is 1.42 bits per heavy atom. The number of thioether (sulfide) groups is 1. The number of nitrogens with one attached hydrogen (secondary N) is 4. The summed E-state index contributed by atoms with van der Waals surface area (Å²) >= 11 is 1.09. The molecule has 0 bridgehead atoms. The lowest BCUT2D eigenvalue weighted by Gasteiger charge is -2.41. The predicted octanol–water partition coefficient (Wildman–Crippen LogP) is 3.00. The number of allylic oxidation sites excluding steroid dienone is 2. The molecule has 0 spiro atoms. The molecule has 0 aromatic heterocycles. The van der Waals surface area contributed by atoms with Crippen molar-refractivity contribution >= 4 is 76.7 Å². The zero-order valence-electron chi connectivity index (χ0n) is 60.6. The molecule has 0 unspecified atom stereocenters. The standard InChI is InChI=1S/C66H120N12O13S/c1-27-29-30-42(13)53(79)52-57(83)69-45(28-2)59(85)78(26)65(92-32-31-71(18)19)64(90)75(23)49(36-66(16,17)91)56(82)70-50(40(9)10)62(88)72(20)46(33-37(3)4)55(81)67-43(14)54(80)68-44(15)58(84)73(21)47(34-38(5)6)60(86)74(22)48(35-39(7)8)61(87)76(24)51(41(11)12)63(89)77(52)25/h27,29,37-53,65,79,91H,28,30-36H2,1-26H3,(H,67,81)(H,68,80)(H,69,83)(H,70,82)/t42-,43+,44-,45+,46+,47+,48+,49+,50+,51+,52+,53-,65+/m1/s1. The fourth-order valence-corrected chi connectivity index (χ4v) is 12.6. The van der Waals surface area contributed by atoms with Crippen LogP contribution in [0.2, 0.25) is 0 Å². The third kappa shape index (κ3) is 24.2. The highest BCUT2D eigenvalue weighted by atomic mass is 32.2. The number of amides is 11. The van der Waals surface area contributed by atoms with E-state index in [0.717, 1.165) is 26.5 Å². The quantitative estimate of drug-likeness (QED) is 0.101. The lowest BCUT2D eigenvalue weighted by atomic mass is 9.91. The predicted molar refractivity (Wildman–Crippen MR) is 360 cm³/mol. The van der Waals surface area contributed by atoms with E-state index in [-0.39, 0.29) is 56.3 Å². The smallest absolute Gasteiger partial charge is 0.256 e. The summed E-state index contributed by atoms with van der Waals surface area (Å²) in [4.78, 5) is 174. The average molecular weight is 1320 g/mol. The van der Waals surface area contributed by atoms with Gasteiger partial charge in [-0.3, -0.25) is 52.7 Å². The summed E-state index contributed by atoms with van der Waals surface area (Å²) < 4.78 is 0. The van der Waals surface area contributed by atoms with Gasteiger partial charge in [0, 0.05) is 68.1 Å². The molecule has 0 radical (unpaired) electrons. The Hall–Kier alpha value is -5.86. The van der Waals surface area contributed by atoms with Crippen LogP contribution in [-0.4, -0.2) is 268 Å². The number of carbonyl (C=O) groups is 11. The molecule has 1 saturated heterocycles. The largest absolute Gasteiger partial charge is 0.390 e. The lowest BCUT2D eigenvalue weighted by Crippen LogP contribution is -2.64. The summed E-state index contributed by atoms with van der Waals surface area (Å²) in [5, 5.41) is 33.2. The summed E-state index contributed by atoms with van der Waals surface area (Å²) in [5.74, 6) is -10.1. The molecule has 1 fully saturated rings. The van der Waals surface area contributed by atoms with E-state index in [2.05, 4.69) is 21.3 Å². The second-order valence-corrected chi connectivity index (χ2v) is 29.4. The highest BCUT2D eigenvalue weighted by Gasteiger charge is 2.47. The summed E-state index contributed by atoms with van der Waals surface area (Å²) in [6, 6.07) is -13.1. The molecule has 13 atom stereocenters. The molecule has 1 aliphatic heterocycles. The molecule has 0 aliphatic carbocycles. The number of hydrogen-bond acceptors (Lipinski definition) is 15. The maximum Gasteiger partial charge on any atom is 0.256 e. The number of nitrogens with zero attached hydrogens (tertiary/aromatic N) is 8. The second-order valence-electron chi connectivity index (χ2n) is 28.2. The van der Waals surface area contributed by atoms with Crippen molar-refractivity contribution in [2.45, 2.75) is 234 Å². The van der Waals surface area contributed by atoms with Crippen LogP contribution in [0.25, 0.3) is 0 Å². The SMILES string of the molecule is CC=CC[C@@H](C)[C@@H](O)[C@H]1C(=O)N[C@@H](CC)C(=O)N(C)[C@@H](SCCN(C)C)C(=O)N(C)[C@@H](CC(C)(C)O)C(=O)N[C@@H](C(C)C)C(=O)N(C)[C@@H](CC(C)C)C(=O)N[C@@H](C)C(=O)N[C@H](C)C(=O)N(C)[C@@H](CC(C)C)C(=O)N(C)[C@@H](CC(C)C)C(=O)N(C)[C@@H](C(C)C)C(=O)N1C. The van der Waals surface area contributed by atoms with Crippen LogP contribution in [-0.2, 0) is 52.7 Å². The van der Waals surface area contributed by atoms with Gasteiger partial charge in [-0.05, 0) is 116 Å². The first-order valence-corrected chi connectivity index (χ1v) is 33.7. The van der Waals surface area contributed by atoms with Gasteiger partial charge in [0.2, 0.25) is 59.1 Å². The molecule has 25 nitrogen and oxygen atoms in total. The second kappa shape index (κ2) is 37.9. The number of aliphatic hydroxyl groups excluding tert-OH is 1. The van der Waals surface area contributed by atoms with Crippen LogP contribution in [0.5, 0.6) is 0 Å². The molecular weight excluding hydrogens is 1200 g/mol. The molecule has 1 heterocycles.